The number of halogens is 1. The first-order valence-electron chi connectivity index (χ1n) is 5.30. The molecule has 3 heteroatoms. The molecule has 0 aliphatic carbocycles. The molecule has 0 aliphatic rings. The van der Waals surface area contributed by atoms with Crippen LogP contribution in [-0.4, -0.2) is 19.0 Å². The molecule has 0 radical (unpaired) electrons. The highest BCUT2D eigenvalue weighted by molar-refractivity contribution is 6.00. The van der Waals surface area contributed by atoms with Crippen molar-refractivity contribution in [1.82, 2.24) is 0 Å². The number of hydrogen-bond acceptors (Lipinski definition) is 2. The second kappa shape index (κ2) is 5.21. The van der Waals surface area contributed by atoms with Crippen molar-refractivity contribution in [2.75, 3.05) is 7.11 Å². The summed E-state index contributed by atoms with van der Waals surface area (Å²) < 4.78 is 18.6. The van der Waals surface area contributed by atoms with Gasteiger partial charge in [-0.2, -0.15) is 0 Å². The van der Waals surface area contributed by atoms with E-state index in [-0.39, 0.29) is 17.3 Å². The van der Waals surface area contributed by atoms with Gasteiger partial charge >= 0.3 is 0 Å². The lowest BCUT2D eigenvalue weighted by Gasteiger charge is -2.18. The molecule has 88 valence electrons. The summed E-state index contributed by atoms with van der Waals surface area (Å²) >= 11 is 0. The zero-order valence-electron chi connectivity index (χ0n) is 10.1. The SMILES string of the molecule is COC(C(=O)c1cc(C)ccc1F)C(C)C. The second-order valence-corrected chi connectivity index (χ2v) is 4.25. The Morgan fingerprint density at radius 1 is 1.38 bits per heavy atom. The van der Waals surface area contributed by atoms with Crippen LogP contribution in [0.15, 0.2) is 18.2 Å². The minimum atomic E-state index is -0.587. The molecule has 0 N–H and O–H groups in total. The van der Waals surface area contributed by atoms with Gasteiger partial charge in [-0.25, -0.2) is 4.39 Å². The number of carbonyl (C=O) groups is 1. The summed E-state index contributed by atoms with van der Waals surface area (Å²) in [5, 5.41) is 0. The van der Waals surface area contributed by atoms with Crippen LogP contribution < -0.4 is 0 Å². The van der Waals surface area contributed by atoms with Gasteiger partial charge in [0.25, 0.3) is 0 Å². The highest BCUT2D eigenvalue weighted by Gasteiger charge is 2.25. The van der Waals surface area contributed by atoms with Gasteiger partial charge < -0.3 is 4.74 Å². The van der Waals surface area contributed by atoms with Crippen molar-refractivity contribution in [1.29, 1.82) is 0 Å². The van der Waals surface area contributed by atoms with Gasteiger partial charge in [0.2, 0.25) is 0 Å². The van der Waals surface area contributed by atoms with E-state index in [9.17, 15) is 9.18 Å². The van der Waals surface area contributed by atoms with Crippen LogP contribution in [0.25, 0.3) is 0 Å². The Kier molecular flexibility index (Phi) is 4.19. The number of ether oxygens (including phenoxy) is 1. The molecule has 16 heavy (non-hydrogen) atoms. The number of rotatable bonds is 4. The Bertz CT molecular complexity index is 386. The summed E-state index contributed by atoms with van der Waals surface area (Å²) in [6.07, 6.45) is -0.587. The summed E-state index contributed by atoms with van der Waals surface area (Å²) in [5.41, 5.74) is 0.976. The molecule has 0 fully saturated rings. The zero-order chi connectivity index (χ0) is 12.3. The normalized spacial score (nSPS) is 12.9. The van der Waals surface area contributed by atoms with Crippen LogP contribution in [0.5, 0.6) is 0 Å². The molecule has 0 amide bonds. The predicted molar refractivity (Wildman–Crippen MR) is 61.1 cm³/mol. The molecule has 0 saturated heterocycles. The lowest BCUT2D eigenvalue weighted by atomic mass is 9.96. The smallest absolute Gasteiger partial charge is 0.194 e. The van der Waals surface area contributed by atoms with Crippen molar-refractivity contribution in [3.8, 4) is 0 Å². The van der Waals surface area contributed by atoms with Gasteiger partial charge in [0.15, 0.2) is 5.78 Å². The predicted octanol–water partition coefficient (Wildman–Crippen LogP) is 2.99. The molecule has 1 aromatic rings. The van der Waals surface area contributed by atoms with Crippen LogP contribution in [0.4, 0.5) is 4.39 Å². The fourth-order valence-corrected chi connectivity index (χ4v) is 1.66. The Morgan fingerprint density at radius 2 is 2.00 bits per heavy atom. The lowest BCUT2D eigenvalue weighted by Crippen LogP contribution is -2.29. The molecule has 1 atom stereocenters. The molecule has 1 rings (SSSR count). The van der Waals surface area contributed by atoms with Crippen LogP contribution in [0.3, 0.4) is 0 Å². The molecule has 0 spiro atoms. The quantitative estimate of drug-likeness (QED) is 0.735. The molecule has 0 heterocycles. The number of ketones is 1. The maximum atomic E-state index is 13.5. The number of methoxy groups -OCH3 is 1. The van der Waals surface area contributed by atoms with E-state index >= 15 is 0 Å². The topological polar surface area (TPSA) is 26.3 Å². The Labute approximate surface area is 95.4 Å². The fourth-order valence-electron chi connectivity index (χ4n) is 1.66. The first-order valence-corrected chi connectivity index (χ1v) is 5.30. The average Bonchev–Trinajstić information content (AvgIpc) is 2.22. The lowest BCUT2D eigenvalue weighted by molar-refractivity contribution is 0.0455. The van der Waals surface area contributed by atoms with Gasteiger partial charge in [0.1, 0.15) is 11.9 Å². The number of hydrogen-bond donors (Lipinski definition) is 0. The van der Waals surface area contributed by atoms with Crippen LogP contribution >= 0.6 is 0 Å². The summed E-state index contributed by atoms with van der Waals surface area (Å²) in [5.74, 6) is -0.755. The molecule has 2 nitrogen and oxygen atoms in total. The highest BCUT2D eigenvalue weighted by atomic mass is 19.1. The average molecular weight is 224 g/mol. The van der Waals surface area contributed by atoms with Crippen LogP contribution in [0.2, 0.25) is 0 Å². The standard InChI is InChI=1S/C13H17FO2/c1-8(2)13(16-4)12(15)10-7-9(3)5-6-11(10)14/h5-8,13H,1-4H3. The molecule has 0 bridgehead atoms. The molecule has 1 unspecified atom stereocenters. The van der Waals surface area contributed by atoms with Crippen molar-refractivity contribution in [3.05, 3.63) is 35.1 Å². The Hall–Kier alpha value is -1.22. The van der Waals surface area contributed by atoms with Gasteiger partial charge in [-0.15, -0.1) is 0 Å². The molecular weight excluding hydrogens is 207 g/mol. The van der Waals surface area contributed by atoms with E-state index in [2.05, 4.69) is 0 Å². The van der Waals surface area contributed by atoms with Crippen molar-refractivity contribution in [2.45, 2.75) is 26.9 Å². The van der Waals surface area contributed by atoms with Gasteiger partial charge in [-0.3, -0.25) is 4.79 Å². The van der Waals surface area contributed by atoms with Crippen molar-refractivity contribution >= 4 is 5.78 Å². The van der Waals surface area contributed by atoms with E-state index in [0.29, 0.717) is 0 Å². The van der Waals surface area contributed by atoms with Crippen molar-refractivity contribution < 1.29 is 13.9 Å². The van der Waals surface area contributed by atoms with E-state index in [4.69, 9.17) is 4.74 Å². The minimum absolute atomic E-state index is 0.0254. The number of aryl methyl sites for hydroxylation is 1. The monoisotopic (exact) mass is 224 g/mol. The Morgan fingerprint density at radius 3 is 2.50 bits per heavy atom. The fraction of sp³-hybridized carbons (Fsp3) is 0.462. The van der Waals surface area contributed by atoms with E-state index in [1.807, 2.05) is 20.8 Å². The van der Waals surface area contributed by atoms with Crippen LogP contribution in [0.1, 0.15) is 29.8 Å². The zero-order valence-corrected chi connectivity index (χ0v) is 10.1. The third-order valence-corrected chi connectivity index (χ3v) is 2.51. The molecule has 1 aromatic carbocycles. The summed E-state index contributed by atoms with van der Waals surface area (Å²) in [4.78, 5) is 12.0. The third-order valence-electron chi connectivity index (χ3n) is 2.51. The summed E-state index contributed by atoms with van der Waals surface area (Å²) in [7, 11) is 1.47. The van der Waals surface area contributed by atoms with E-state index in [1.165, 1.54) is 13.2 Å². The van der Waals surface area contributed by atoms with Crippen LogP contribution in [0, 0.1) is 18.7 Å². The molecule has 0 aromatic heterocycles. The third kappa shape index (κ3) is 2.67. The maximum absolute atomic E-state index is 13.5. The largest absolute Gasteiger partial charge is 0.373 e. The van der Waals surface area contributed by atoms with E-state index in [1.54, 1.807) is 12.1 Å². The Balaban J connectivity index is 3.08. The minimum Gasteiger partial charge on any atom is -0.373 e. The van der Waals surface area contributed by atoms with Crippen molar-refractivity contribution in [2.24, 2.45) is 5.92 Å². The van der Waals surface area contributed by atoms with E-state index in [0.717, 1.165) is 5.56 Å². The number of Topliss-reactive ketones (excluding diaryl/α,β-unsaturated/α-hetero) is 1. The summed E-state index contributed by atoms with van der Waals surface area (Å²) in [6, 6.07) is 4.52. The van der Waals surface area contributed by atoms with E-state index < -0.39 is 11.9 Å². The van der Waals surface area contributed by atoms with Gasteiger partial charge in [0, 0.05) is 7.11 Å². The molecular formula is C13H17FO2. The first-order chi connectivity index (χ1) is 7.47. The molecule has 0 aliphatic heterocycles. The van der Waals surface area contributed by atoms with Gasteiger partial charge in [0.05, 0.1) is 5.56 Å². The molecule has 0 saturated carbocycles. The maximum Gasteiger partial charge on any atom is 0.194 e. The second-order valence-electron chi connectivity index (χ2n) is 4.25. The number of carbonyl (C=O) groups excluding carboxylic acids is 1. The van der Waals surface area contributed by atoms with Gasteiger partial charge in [-0.1, -0.05) is 25.5 Å². The number of benzene rings is 1. The van der Waals surface area contributed by atoms with Crippen molar-refractivity contribution in [3.63, 3.8) is 0 Å². The van der Waals surface area contributed by atoms with Gasteiger partial charge in [-0.05, 0) is 25.0 Å². The highest BCUT2D eigenvalue weighted by Crippen LogP contribution is 2.17. The first kappa shape index (κ1) is 12.8. The van der Waals surface area contributed by atoms with Crippen LogP contribution in [-0.2, 0) is 4.74 Å². The summed E-state index contributed by atoms with van der Waals surface area (Å²) in [6.45, 7) is 5.58.